The van der Waals surface area contributed by atoms with Gasteiger partial charge in [-0.25, -0.2) is 0 Å². The standard InChI is InChI=1S/C26H28N2O3S/c1-4-15-28(24(29)17-23-6-5-16-32-23)25(21-11-7-19(2)8-12-21)26(30)27-18-20-9-13-22(31-3)14-10-20/h4-14,16,25H,1,15,17-18H2,2-3H3,(H,27,30)/t25-/m0/s1. The second-order valence-corrected chi connectivity index (χ2v) is 8.50. The molecular weight excluding hydrogens is 420 g/mol. The smallest absolute Gasteiger partial charge is 0.247 e. The number of hydrogen-bond donors (Lipinski definition) is 1. The van der Waals surface area contributed by atoms with E-state index in [1.54, 1.807) is 18.1 Å². The molecule has 1 aromatic heterocycles. The lowest BCUT2D eigenvalue weighted by Gasteiger charge is -2.30. The number of benzene rings is 2. The van der Waals surface area contributed by atoms with Crippen LogP contribution in [0, 0.1) is 6.92 Å². The van der Waals surface area contributed by atoms with Crippen molar-refractivity contribution in [3.05, 3.63) is 100 Å². The van der Waals surface area contributed by atoms with Crippen LogP contribution in [0.4, 0.5) is 0 Å². The summed E-state index contributed by atoms with van der Waals surface area (Å²) >= 11 is 1.53. The van der Waals surface area contributed by atoms with Crippen LogP contribution < -0.4 is 10.1 Å². The van der Waals surface area contributed by atoms with Crippen LogP contribution in [-0.4, -0.2) is 30.4 Å². The van der Waals surface area contributed by atoms with E-state index in [0.717, 1.165) is 27.3 Å². The topological polar surface area (TPSA) is 58.6 Å². The number of carbonyl (C=O) groups excluding carboxylic acids is 2. The molecule has 0 saturated heterocycles. The van der Waals surface area contributed by atoms with Crippen LogP contribution in [0.1, 0.15) is 27.6 Å². The first-order valence-electron chi connectivity index (χ1n) is 10.4. The SMILES string of the molecule is C=CCN(C(=O)Cc1cccs1)[C@H](C(=O)NCc1ccc(OC)cc1)c1ccc(C)cc1. The fraction of sp³-hybridized carbons (Fsp3) is 0.231. The molecule has 166 valence electrons. The summed E-state index contributed by atoms with van der Waals surface area (Å²) in [6.07, 6.45) is 1.91. The number of methoxy groups -OCH3 is 1. The van der Waals surface area contributed by atoms with Crippen molar-refractivity contribution in [3.8, 4) is 5.75 Å². The van der Waals surface area contributed by atoms with Crippen molar-refractivity contribution in [2.45, 2.75) is 25.9 Å². The van der Waals surface area contributed by atoms with E-state index in [0.29, 0.717) is 6.54 Å². The predicted octanol–water partition coefficient (Wildman–Crippen LogP) is 4.68. The lowest BCUT2D eigenvalue weighted by atomic mass is 10.0. The van der Waals surface area contributed by atoms with E-state index >= 15 is 0 Å². The van der Waals surface area contributed by atoms with Crippen LogP contribution in [0.15, 0.2) is 78.7 Å². The lowest BCUT2D eigenvalue weighted by molar-refractivity contribution is -0.139. The highest BCUT2D eigenvalue weighted by Gasteiger charge is 2.30. The minimum atomic E-state index is -0.751. The van der Waals surface area contributed by atoms with E-state index in [1.165, 1.54) is 11.3 Å². The quantitative estimate of drug-likeness (QED) is 0.458. The summed E-state index contributed by atoms with van der Waals surface area (Å²) in [6.45, 7) is 6.43. The van der Waals surface area contributed by atoms with Gasteiger partial charge >= 0.3 is 0 Å². The number of carbonyl (C=O) groups is 2. The molecule has 1 heterocycles. The Hall–Kier alpha value is -3.38. The first-order chi connectivity index (χ1) is 15.5. The van der Waals surface area contributed by atoms with Crippen LogP contribution in [0.2, 0.25) is 0 Å². The van der Waals surface area contributed by atoms with Gasteiger partial charge in [-0.2, -0.15) is 0 Å². The van der Waals surface area contributed by atoms with E-state index in [4.69, 9.17) is 4.74 Å². The highest BCUT2D eigenvalue weighted by molar-refractivity contribution is 7.10. The normalized spacial score (nSPS) is 11.4. The molecule has 32 heavy (non-hydrogen) atoms. The minimum absolute atomic E-state index is 0.113. The van der Waals surface area contributed by atoms with Gasteiger partial charge in [0.2, 0.25) is 11.8 Å². The molecule has 5 nitrogen and oxygen atoms in total. The Bertz CT molecular complexity index is 1030. The van der Waals surface area contributed by atoms with Gasteiger partial charge in [-0.3, -0.25) is 9.59 Å². The Morgan fingerprint density at radius 3 is 2.44 bits per heavy atom. The molecule has 1 atom stereocenters. The Balaban J connectivity index is 1.84. The van der Waals surface area contributed by atoms with Gasteiger partial charge in [0.15, 0.2) is 0 Å². The van der Waals surface area contributed by atoms with Crippen molar-refractivity contribution >= 4 is 23.2 Å². The molecule has 2 aromatic carbocycles. The van der Waals surface area contributed by atoms with Crippen molar-refractivity contribution in [1.29, 1.82) is 0 Å². The Kier molecular flexibility index (Phi) is 8.22. The first-order valence-corrected chi connectivity index (χ1v) is 11.3. The number of hydrogen-bond acceptors (Lipinski definition) is 4. The molecule has 0 aliphatic heterocycles. The van der Waals surface area contributed by atoms with E-state index < -0.39 is 6.04 Å². The summed E-state index contributed by atoms with van der Waals surface area (Å²) < 4.78 is 5.19. The Morgan fingerprint density at radius 2 is 1.84 bits per heavy atom. The lowest BCUT2D eigenvalue weighted by Crippen LogP contribution is -2.44. The number of nitrogens with zero attached hydrogens (tertiary/aromatic N) is 1. The molecule has 3 rings (SSSR count). The van der Waals surface area contributed by atoms with Crippen molar-refractivity contribution in [3.63, 3.8) is 0 Å². The predicted molar refractivity (Wildman–Crippen MR) is 129 cm³/mol. The van der Waals surface area contributed by atoms with Crippen molar-refractivity contribution in [1.82, 2.24) is 10.2 Å². The first kappa shape index (κ1) is 23.3. The summed E-state index contributed by atoms with van der Waals surface area (Å²) in [6, 6.07) is 18.3. The molecule has 2 amide bonds. The zero-order chi connectivity index (χ0) is 22.9. The summed E-state index contributed by atoms with van der Waals surface area (Å²) in [5.74, 6) is 0.414. The van der Waals surface area contributed by atoms with Crippen molar-refractivity contribution in [2.75, 3.05) is 13.7 Å². The molecule has 0 unspecified atom stereocenters. The molecule has 0 aliphatic rings. The highest BCUT2D eigenvalue weighted by atomic mass is 32.1. The van der Waals surface area contributed by atoms with Gasteiger partial charge < -0.3 is 15.0 Å². The van der Waals surface area contributed by atoms with E-state index in [9.17, 15) is 9.59 Å². The van der Waals surface area contributed by atoms with Gasteiger partial charge in [0.25, 0.3) is 0 Å². The zero-order valence-corrected chi connectivity index (χ0v) is 19.2. The molecule has 0 bridgehead atoms. The van der Waals surface area contributed by atoms with Crippen LogP contribution in [-0.2, 0) is 22.6 Å². The highest BCUT2D eigenvalue weighted by Crippen LogP contribution is 2.24. The maximum atomic E-state index is 13.4. The molecule has 6 heteroatoms. The number of amides is 2. The largest absolute Gasteiger partial charge is 0.497 e. The molecule has 0 saturated carbocycles. The second kappa shape index (κ2) is 11.3. The second-order valence-electron chi connectivity index (χ2n) is 7.47. The molecule has 1 N–H and O–H groups in total. The number of rotatable bonds is 10. The molecule has 0 spiro atoms. The van der Waals surface area contributed by atoms with Crippen LogP contribution in [0.25, 0.3) is 0 Å². The third-order valence-electron chi connectivity index (χ3n) is 5.13. The van der Waals surface area contributed by atoms with Crippen LogP contribution in [0.5, 0.6) is 5.75 Å². The third-order valence-corrected chi connectivity index (χ3v) is 6.01. The van der Waals surface area contributed by atoms with Gasteiger partial charge in [0.05, 0.1) is 13.5 Å². The van der Waals surface area contributed by atoms with E-state index in [1.807, 2.05) is 73.0 Å². The summed E-state index contributed by atoms with van der Waals surface area (Å²) in [5, 5.41) is 4.94. The van der Waals surface area contributed by atoms with E-state index in [2.05, 4.69) is 11.9 Å². The molecule has 0 fully saturated rings. The number of ether oxygens (including phenoxy) is 1. The maximum absolute atomic E-state index is 13.4. The van der Waals surface area contributed by atoms with E-state index in [-0.39, 0.29) is 24.8 Å². The summed E-state index contributed by atoms with van der Waals surface area (Å²) in [5.41, 5.74) is 2.80. The molecule has 0 radical (unpaired) electrons. The Labute approximate surface area is 193 Å². The summed E-state index contributed by atoms with van der Waals surface area (Å²) in [7, 11) is 1.62. The van der Waals surface area contributed by atoms with Crippen molar-refractivity contribution < 1.29 is 14.3 Å². The van der Waals surface area contributed by atoms with Gasteiger partial charge in [0, 0.05) is 18.0 Å². The van der Waals surface area contributed by atoms with Crippen LogP contribution in [0.3, 0.4) is 0 Å². The van der Waals surface area contributed by atoms with Gasteiger partial charge in [-0.15, -0.1) is 17.9 Å². The average molecular weight is 449 g/mol. The maximum Gasteiger partial charge on any atom is 0.247 e. The average Bonchev–Trinajstić information content (AvgIpc) is 3.32. The number of nitrogens with one attached hydrogen (secondary N) is 1. The van der Waals surface area contributed by atoms with Crippen molar-refractivity contribution in [2.24, 2.45) is 0 Å². The van der Waals surface area contributed by atoms with Gasteiger partial charge in [0.1, 0.15) is 11.8 Å². The number of aryl methyl sites for hydroxylation is 1. The Morgan fingerprint density at radius 1 is 1.12 bits per heavy atom. The van der Waals surface area contributed by atoms with Crippen LogP contribution >= 0.6 is 11.3 Å². The zero-order valence-electron chi connectivity index (χ0n) is 18.4. The molecule has 0 aliphatic carbocycles. The fourth-order valence-corrected chi connectivity index (χ4v) is 4.10. The number of thiophene rings is 1. The van der Waals surface area contributed by atoms with Gasteiger partial charge in [-0.1, -0.05) is 54.1 Å². The fourth-order valence-electron chi connectivity index (χ4n) is 3.40. The third kappa shape index (κ3) is 6.08. The molecular formula is C26H28N2O3S. The monoisotopic (exact) mass is 448 g/mol. The minimum Gasteiger partial charge on any atom is -0.497 e. The molecule has 3 aromatic rings. The summed E-state index contributed by atoms with van der Waals surface area (Å²) in [4.78, 5) is 29.2. The van der Waals surface area contributed by atoms with Gasteiger partial charge in [-0.05, 0) is 41.6 Å².